The summed E-state index contributed by atoms with van der Waals surface area (Å²) < 4.78 is 27.5. The number of amides is 1. The summed E-state index contributed by atoms with van der Waals surface area (Å²) in [6.07, 6.45) is 13.4. The van der Waals surface area contributed by atoms with Crippen LogP contribution in [0, 0.1) is 56.7 Å². The van der Waals surface area contributed by atoms with E-state index in [-0.39, 0.29) is 52.4 Å². The van der Waals surface area contributed by atoms with E-state index in [1.807, 2.05) is 12.1 Å². The number of rotatable bonds is 8. The predicted octanol–water partition coefficient (Wildman–Crippen LogP) is 9.88. The Balaban J connectivity index is 1.11. The van der Waals surface area contributed by atoms with Gasteiger partial charge in [-0.25, -0.2) is 13.6 Å². The second-order valence-corrected chi connectivity index (χ2v) is 19.3. The zero-order chi connectivity index (χ0) is 36.8. The number of carbonyl (C=O) groups excluding carboxylic acids is 1. The molecule has 1 saturated heterocycles. The highest BCUT2D eigenvalue weighted by molar-refractivity contribution is 5.88. The first kappa shape index (κ1) is 36.8. The van der Waals surface area contributed by atoms with Crippen LogP contribution in [0.2, 0.25) is 0 Å². The number of carbonyl (C=O) groups is 2. The van der Waals surface area contributed by atoms with Gasteiger partial charge in [-0.15, -0.1) is 0 Å². The Morgan fingerprint density at radius 1 is 0.922 bits per heavy atom. The van der Waals surface area contributed by atoms with Gasteiger partial charge in [0.1, 0.15) is 0 Å². The van der Waals surface area contributed by atoms with Crippen molar-refractivity contribution in [1.29, 1.82) is 0 Å². The van der Waals surface area contributed by atoms with Crippen molar-refractivity contribution >= 4 is 17.4 Å². The highest BCUT2D eigenvalue weighted by Crippen LogP contribution is 2.77. The molecule has 280 valence electrons. The average molecular weight is 705 g/mol. The molecule has 0 radical (unpaired) electrons. The molecule has 7 rings (SSSR count). The minimum absolute atomic E-state index is 0.0161. The van der Waals surface area contributed by atoms with E-state index < -0.39 is 18.4 Å². The van der Waals surface area contributed by atoms with E-state index in [0.717, 1.165) is 18.5 Å². The zero-order valence-corrected chi connectivity index (χ0v) is 32.1. The van der Waals surface area contributed by atoms with Crippen LogP contribution in [0.4, 0.5) is 8.78 Å². The van der Waals surface area contributed by atoms with E-state index in [1.54, 1.807) is 12.1 Å². The zero-order valence-electron chi connectivity index (χ0n) is 32.1. The third kappa shape index (κ3) is 5.68. The average Bonchev–Trinajstić information content (AvgIpc) is 3.63. The molecule has 5 nitrogen and oxygen atoms in total. The molecule has 9 atom stereocenters. The molecule has 9 unspecified atom stereocenters. The van der Waals surface area contributed by atoms with Crippen molar-refractivity contribution in [2.24, 2.45) is 56.7 Å². The number of hydrogen-bond acceptors (Lipinski definition) is 3. The van der Waals surface area contributed by atoms with Gasteiger partial charge in [0.25, 0.3) is 5.92 Å². The third-order valence-electron chi connectivity index (χ3n) is 16.8. The molecule has 1 aliphatic heterocycles. The van der Waals surface area contributed by atoms with Crippen molar-refractivity contribution in [3.63, 3.8) is 0 Å². The first-order valence-electron chi connectivity index (χ1n) is 19.9. The minimum atomic E-state index is -2.75. The molecule has 1 heterocycles. The van der Waals surface area contributed by atoms with E-state index in [2.05, 4.69) is 59.5 Å². The fourth-order valence-electron chi connectivity index (χ4n) is 14.1. The number of aromatic carboxylic acids is 1. The van der Waals surface area contributed by atoms with Crippen molar-refractivity contribution in [2.75, 3.05) is 26.2 Å². The van der Waals surface area contributed by atoms with Gasteiger partial charge in [0, 0.05) is 32.5 Å². The van der Waals surface area contributed by atoms with E-state index in [0.29, 0.717) is 41.7 Å². The topological polar surface area (TPSA) is 69.6 Å². The number of carboxylic acid groups (broad SMARTS) is 1. The van der Waals surface area contributed by atoms with Crippen molar-refractivity contribution in [1.82, 2.24) is 10.2 Å². The van der Waals surface area contributed by atoms with Crippen LogP contribution >= 0.6 is 0 Å². The second-order valence-electron chi connectivity index (χ2n) is 19.3. The van der Waals surface area contributed by atoms with Gasteiger partial charge < -0.3 is 15.3 Å². The fraction of sp³-hybridized carbons (Fsp3) is 0.727. The normalized spacial score (nSPS) is 40.7. The standard InChI is InChI=1S/C44H62F2N2O3/c1-28(2)31-14-20-43(26-47-24-17-36(49)48-25-23-44(45,46)27-48)22-21-41(6)33(37(31)43)12-13-35-40(5)18-15-32(29-8-10-30(11-9-29)38(50)51)39(3,4)34(40)16-19-42(35,41)7/h8-11,15,31,33-35,37,47H,1,12-14,16-27H2,2-7H3,(H,50,51). The molecule has 5 aliphatic carbocycles. The summed E-state index contributed by atoms with van der Waals surface area (Å²) in [6.45, 7) is 20.8. The highest BCUT2D eigenvalue weighted by atomic mass is 19.3. The first-order chi connectivity index (χ1) is 23.9. The largest absolute Gasteiger partial charge is 0.478 e. The van der Waals surface area contributed by atoms with Gasteiger partial charge in [-0.3, -0.25) is 4.79 Å². The molecule has 2 N–H and O–H groups in total. The van der Waals surface area contributed by atoms with E-state index in [4.69, 9.17) is 0 Å². The van der Waals surface area contributed by atoms with Crippen molar-refractivity contribution in [3.8, 4) is 0 Å². The van der Waals surface area contributed by atoms with Crippen LogP contribution in [0.3, 0.4) is 0 Å². The maximum Gasteiger partial charge on any atom is 0.335 e. The Kier molecular flexibility index (Phi) is 9.03. The number of halogens is 2. The number of carboxylic acids is 1. The maximum absolute atomic E-state index is 13.7. The first-order valence-corrected chi connectivity index (χ1v) is 19.9. The number of nitrogens with zero attached hydrogens (tertiary/aromatic N) is 1. The Morgan fingerprint density at radius 2 is 1.65 bits per heavy atom. The monoisotopic (exact) mass is 704 g/mol. The fourth-order valence-corrected chi connectivity index (χ4v) is 14.1. The lowest BCUT2D eigenvalue weighted by atomic mass is 9.32. The molecule has 6 aliphatic rings. The lowest BCUT2D eigenvalue weighted by molar-refractivity contribution is -0.225. The van der Waals surface area contributed by atoms with Gasteiger partial charge in [0.15, 0.2) is 0 Å². The van der Waals surface area contributed by atoms with E-state index >= 15 is 0 Å². The lowest BCUT2D eigenvalue weighted by Gasteiger charge is -2.72. The smallest absolute Gasteiger partial charge is 0.335 e. The highest BCUT2D eigenvalue weighted by Gasteiger charge is 2.70. The molecule has 0 spiro atoms. The summed E-state index contributed by atoms with van der Waals surface area (Å²) in [5.74, 6) is -0.884. The SMILES string of the molecule is C=C(C)C1CCC2(CNCCC(=O)N3CCC(F)(F)C3)CCC3(C)C(CCC4C5(C)CC=C(c6ccc(C(=O)O)cc6)C(C)(C)C5CCC43C)C12. The molecule has 1 amide bonds. The van der Waals surface area contributed by atoms with Crippen LogP contribution < -0.4 is 5.32 Å². The summed E-state index contributed by atoms with van der Waals surface area (Å²) >= 11 is 0. The van der Waals surface area contributed by atoms with Gasteiger partial charge in [-0.1, -0.05) is 65.0 Å². The number of allylic oxidation sites excluding steroid dienone is 3. The Morgan fingerprint density at radius 3 is 2.29 bits per heavy atom. The molecule has 1 aromatic carbocycles. The summed E-state index contributed by atoms with van der Waals surface area (Å²) in [4.78, 5) is 25.7. The lowest BCUT2D eigenvalue weighted by Crippen LogP contribution is -2.65. The summed E-state index contributed by atoms with van der Waals surface area (Å²) in [5, 5.41) is 13.2. The van der Waals surface area contributed by atoms with Crippen LogP contribution in [-0.2, 0) is 4.79 Å². The third-order valence-corrected chi connectivity index (χ3v) is 16.8. The molecule has 4 saturated carbocycles. The minimum Gasteiger partial charge on any atom is -0.478 e. The summed E-state index contributed by atoms with van der Waals surface area (Å²) in [5.41, 5.74) is 5.01. The summed E-state index contributed by atoms with van der Waals surface area (Å²) in [7, 11) is 0. The van der Waals surface area contributed by atoms with E-state index in [1.165, 1.54) is 67.4 Å². The number of benzene rings is 1. The number of nitrogens with one attached hydrogen (secondary N) is 1. The van der Waals surface area contributed by atoms with Crippen LogP contribution in [0.5, 0.6) is 0 Å². The Hall–Kier alpha value is -2.54. The molecular formula is C44H62F2N2O3. The van der Waals surface area contributed by atoms with Gasteiger partial charge in [0.2, 0.25) is 5.91 Å². The Labute approximate surface area is 305 Å². The van der Waals surface area contributed by atoms with Crippen molar-refractivity contribution in [2.45, 2.75) is 118 Å². The molecule has 0 bridgehead atoms. The van der Waals surface area contributed by atoms with Crippen LogP contribution in [0.1, 0.15) is 128 Å². The van der Waals surface area contributed by atoms with Crippen molar-refractivity contribution in [3.05, 3.63) is 53.6 Å². The van der Waals surface area contributed by atoms with Gasteiger partial charge >= 0.3 is 5.97 Å². The predicted molar refractivity (Wildman–Crippen MR) is 199 cm³/mol. The maximum atomic E-state index is 13.7. The number of hydrogen-bond donors (Lipinski definition) is 2. The molecule has 7 heteroatoms. The van der Waals surface area contributed by atoms with Crippen LogP contribution in [-0.4, -0.2) is 54.0 Å². The summed E-state index contributed by atoms with van der Waals surface area (Å²) in [6, 6.07) is 7.52. The molecule has 5 fully saturated rings. The molecule has 1 aromatic rings. The van der Waals surface area contributed by atoms with Gasteiger partial charge in [0.05, 0.1) is 12.1 Å². The number of alkyl halides is 2. The van der Waals surface area contributed by atoms with Crippen LogP contribution in [0.15, 0.2) is 42.5 Å². The van der Waals surface area contributed by atoms with Gasteiger partial charge in [-0.2, -0.15) is 0 Å². The quantitative estimate of drug-likeness (QED) is 0.209. The Bertz CT molecular complexity index is 1600. The molecule has 0 aromatic heterocycles. The van der Waals surface area contributed by atoms with Gasteiger partial charge in [-0.05, 0) is 145 Å². The number of likely N-dealkylation sites (tertiary alicyclic amines) is 1. The molecule has 51 heavy (non-hydrogen) atoms. The van der Waals surface area contributed by atoms with Crippen molar-refractivity contribution < 1.29 is 23.5 Å². The molecular weight excluding hydrogens is 642 g/mol. The van der Waals surface area contributed by atoms with E-state index in [9.17, 15) is 23.5 Å². The second kappa shape index (κ2) is 12.5. The van der Waals surface area contributed by atoms with Crippen LogP contribution in [0.25, 0.3) is 5.57 Å². The number of fused-ring (bicyclic) bond motifs is 7.